The number of pyridine rings is 1. The lowest BCUT2D eigenvalue weighted by atomic mass is 10.0. The van der Waals surface area contributed by atoms with Crippen molar-refractivity contribution < 1.29 is 14.7 Å². The Bertz CT molecular complexity index is 1100. The summed E-state index contributed by atoms with van der Waals surface area (Å²) in [5.41, 5.74) is 2.95. The Morgan fingerprint density at radius 2 is 1.70 bits per heavy atom. The largest absolute Gasteiger partial charge is 0.480 e. The number of likely N-dealkylation sites (tertiary alicyclic amines) is 1. The van der Waals surface area contributed by atoms with Gasteiger partial charge < -0.3 is 10.0 Å². The third-order valence-corrected chi connectivity index (χ3v) is 5.91. The maximum absolute atomic E-state index is 13.3. The van der Waals surface area contributed by atoms with Gasteiger partial charge in [-0.25, -0.2) is 9.78 Å². The number of carboxylic acids is 1. The number of halogens is 2. The van der Waals surface area contributed by atoms with Crippen LogP contribution in [0, 0.1) is 0 Å². The summed E-state index contributed by atoms with van der Waals surface area (Å²) in [6.07, 6.45) is 2.54. The van der Waals surface area contributed by atoms with Crippen LogP contribution in [0.25, 0.3) is 11.1 Å². The molecule has 7 heteroatoms. The van der Waals surface area contributed by atoms with Crippen LogP contribution in [0.3, 0.4) is 0 Å². The highest BCUT2D eigenvalue weighted by molar-refractivity contribution is 6.31. The fraction of sp³-hybridized carbons (Fsp3) is 0.174. The maximum atomic E-state index is 13.3. The van der Waals surface area contributed by atoms with E-state index in [2.05, 4.69) is 4.98 Å². The number of carbonyl (C=O) groups excluding carboxylic acids is 1. The van der Waals surface area contributed by atoms with E-state index in [4.69, 9.17) is 23.2 Å². The number of benzene rings is 2. The van der Waals surface area contributed by atoms with Crippen molar-refractivity contribution in [3.8, 4) is 11.1 Å². The van der Waals surface area contributed by atoms with Crippen molar-refractivity contribution in [1.29, 1.82) is 0 Å². The van der Waals surface area contributed by atoms with Gasteiger partial charge in [-0.3, -0.25) is 4.79 Å². The minimum Gasteiger partial charge on any atom is -0.480 e. The van der Waals surface area contributed by atoms with Gasteiger partial charge in [0.15, 0.2) is 0 Å². The SMILES string of the molecule is O=C(O)[C@@H]1CC[C@H](c2ccccc2Cl)N1C(=O)c1ccc(-c2ccnc(Cl)c2)cc1. The van der Waals surface area contributed by atoms with Gasteiger partial charge in [-0.1, -0.05) is 53.5 Å². The first kappa shape index (κ1) is 20.4. The molecule has 3 aromatic rings. The number of aliphatic carboxylic acids is 1. The summed E-state index contributed by atoms with van der Waals surface area (Å²) in [6.45, 7) is 0. The second-order valence-electron chi connectivity index (χ2n) is 7.13. The van der Waals surface area contributed by atoms with Crippen molar-refractivity contribution in [1.82, 2.24) is 9.88 Å². The standard InChI is InChI=1S/C23H18Cl2N2O3/c24-18-4-2-1-3-17(18)19-9-10-20(23(29)30)27(19)22(28)15-7-5-14(6-8-15)16-11-12-26-21(25)13-16/h1-8,11-13,19-20H,9-10H2,(H,29,30)/t19-,20+/m1/s1. The van der Waals surface area contributed by atoms with E-state index < -0.39 is 12.0 Å². The zero-order chi connectivity index (χ0) is 21.3. The van der Waals surface area contributed by atoms with E-state index in [1.807, 2.05) is 36.4 Å². The molecule has 0 unspecified atom stereocenters. The zero-order valence-electron chi connectivity index (χ0n) is 15.8. The van der Waals surface area contributed by atoms with Crippen LogP contribution in [0.5, 0.6) is 0 Å². The minimum atomic E-state index is -1.01. The molecule has 1 fully saturated rings. The zero-order valence-corrected chi connectivity index (χ0v) is 17.3. The molecule has 1 aliphatic rings. The van der Waals surface area contributed by atoms with Crippen molar-refractivity contribution >= 4 is 35.1 Å². The molecule has 0 spiro atoms. The van der Waals surface area contributed by atoms with Gasteiger partial charge >= 0.3 is 5.97 Å². The molecule has 152 valence electrons. The summed E-state index contributed by atoms with van der Waals surface area (Å²) < 4.78 is 0. The Morgan fingerprint density at radius 1 is 0.967 bits per heavy atom. The lowest BCUT2D eigenvalue weighted by molar-refractivity contribution is -0.141. The predicted octanol–water partition coefficient (Wildman–Crippen LogP) is 5.49. The van der Waals surface area contributed by atoms with Gasteiger partial charge in [-0.2, -0.15) is 0 Å². The van der Waals surface area contributed by atoms with E-state index in [0.29, 0.717) is 28.6 Å². The molecule has 2 aromatic carbocycles. The third-order valence-electron chi connectivity index (χ3n) is 5.36. The predicted molar refractivity (Wildman–Crippen MR) is 116 cm³/mol. The van der Waals surface area contributed by atoms with Crippen LogP contribution in [-0.2, 0) is 4.79 Å². The van der Waals surface area contributed by atoms with Crippen molar-refractivity contribution in [3.05, 3.63) is 88.2 Å². The Kier molecular flexibility index (Phi) is 5.75. The minimum absolute atomic E-state index is 0.330. The van der Waals surface area contributed by atoms with Crippen molar-refractivity contribution in [2.24, 2.45) is 0 Å². The number of carboxylic acid groups (broad SMARTS) is 1. The third kappa shape index (κ3) is 3.91. The summed E-state index contributed by atoms with van der Waals surface area (Å²) in [5.74, 6) is -1.34. The lowest BCUT2D eigenvalue weighted by Gasteiger charge is -2.29. The molecule has 1 amide bonds. The van der Waals surface area contributed by atoms with Gasteiger partial charge in [-0.15, -0.1) is 0 Å². The number of aromatic nitrogens is 1. The number of hydrogen-bond acceptors (Lipinski definition) is 3. The second kappa shape index (κ2) is 8.46. The highest BCUT2D eigenvalue weighted by Crippen LogP contribution is 2.40. The van der Waals surface area contributed by atoms with Gasteiger partial charge in [0.2, 0.25) is 0 Å². The molecule has 1 aromatic heterocycles. The average Bonchev–Trinajstić information content (AvgIpc) is 3.19. The molecule has 0 saturated carbocycles. The van der Waals surface area contributed by atoms with E-state index in [0.717, 1.165) is 16.7 Å². The Hall–Kier alpha value is -2.89. The lowest BCUT2D eigenvalue weighted by Crippen LogP contribution is -2.41. The van der Waals surface area contributed by atoms with Gasteiger partial charge in [0.1, 0.15) is 11.2 Å². The van der Waals surface area contributed by atoms with Crippen LogP contribution in [0.15, 0.2) is 66.9 Å². The number of carbonyl (C=O) groups is 2. The van der Waals surface area contributed by atoms with Crippen LogP contribution < -0.4 is 0 Å². The molecule has 2 heterocycles. The average molecular weight is 441 g/mol. The fourth-order valence-electron chi connectivity index (χ4n) is 3.92. The molecule has 4 rings (SSSR count). The summed E-state index contributed by atoms with van der Waals surface area (Å²) in [4.78, 5) is 30.6. The van der Waals surface area contributed by atoms with Crippen LogP contribution in [0.2, 0.25) is 10.2 Å². The molecular formula is C23H18Cl2N2O3. The van der Waals surface area contributed by atoms with Crippen LogP contribution >= 0.6 is 23.2 Å². The molecule has 0 aliphatic carbocycles. The molecule has 2 atom stereocenters. The van der Waals surface area contributed by atoms with Crippen LogP contribution in [0.1, 0.15) is 34.8 Å². The Morgan fingerprint density at radius 3 is 2.37 bits per heavy atom. The van der Waals surface area contributed by atoms with Crippen LogP contribution in [-0.4, -0.2) is 32.9 Å². The van der Waals surface area contributed by atoms with Gasteiger partial charge in [0.05, 0.1) is 6.04 Å². The smallest absolute Gasteiger partial charge is 0.326 e. The number of hydrogen-bond donors (Lipinski definition) is 1. The maximum Gasteiger partial charge on any atom is 0.326 e. The van der Waals surface area contributed by atoms with E-state index in [-0.39, 0.29) is 11.9 Å². The molecule has 30 heavy (non-hydrogen) atoms. The van der Waals surface area contributed by atoms with Gasteiger partial charge in [-0.05, 0) is 59.9 Å². The quantitative estimate of drug-likeness (QED) is 0.544. The molecule has 1 aliphatic heterocycles. The Balaban J connectivity index is 1.66. The number of rotatable bonds is 4. The van der Waals surface area contributed by atoms with E-state index in [1.54, 1.807) is 30.5 Å². The first-order valence-corrected chi connectivity index (χ1v) is 10.2. The molecule has 1 N–H and O–H groups in total. The van der Waals surface area contributed by atoms with Crippen molar-refractivity contribution in [3.63, 3.8) is 0 Å². The molecule has 5 nitrogen and oxygen atoms in total. The monoisotopic (exact) mass is 440 g/mol. The molecule has 0 radical (unpaired) electrons. The van der Waals surface area contributed by atoms with E-state index >= 15 is 0 Å². The first-order chi connectivity index (χ1) is 14.5. The fourth-order valence-corrected chi connectivity index (χ4v) is 4.36. The highest BCUT2D eigenvalue weighted by atomic mass is 35.5. The van der Waals surface area contributed by atoms with Gasteiger partial charge in [0.25, 0.3) is 5.91 Å². The highest BCUT2D eigenvalue weighted by Gasteiger charge is 2.42. The Labute approximate surface area is 183 Å². The summed E-state index contributed by atoms with van der Waals surface area (Å²) in [6, 6.07) is 16.6. The normalized spacial score (nSPS) is 18.4. The number of nitrogens with zero attached hydrogens (tertiary/aromatic N) is 2. The number of amides is 1. The van der Waals surface area contributed by atoms with Crippen molar-refractivity contribution in [2.45, 2.75) is 24.9 Å². The van der Waals surface area contributed by atoms with Crippen molar-refractivity contribution in [2.75, 3.05) is 0 Å². The molecular weight excluding hydrogens is 423 g/mol. The molecule has 1 saturated heterocycles. The second-order valence-corrected chi connectivity index (χ2v) is 7.92. The summed E-state index contributed by atoms with van der Waals surface area (Å²) in [7, 11) is 0. The first-order valence-electron chi connectivity index (χ1n) is 9.47. The molecule has 0 bridgehead atoms. The summed E-state index contributed by atoms with van der Waals surface area (Å²) >= 11 is 12.3. The van der Waals surface area contributed by atoms with E-state index in [1.165, 1.54) is 4.90 Å². The summed E-state index contributed by atoms with van der Waals surface area (Å²) in [5, 5.41) is 10.6. The van der Waals surface area contributed by atoms with Gasteiger partial charge in [0, 0.05) is 16.8 Å². The van der Waals surface area contributed by atoms with E-state index in [9.17, 15) is 14.7 Å². The van der Waals surface area contributed by atoms with Crippen LogP contribution in [0.4, 0.5) is 0 Å². The topological polar surface area (TPSA) is 70.5 Å².